The minimum atomic E-state index is 0.280. The summed E-state index contributed by atoms with van der Waals surface area (Å²) >= 11 is 6.68. The zero-order chi connectivity index (χ0) is 12.8. The first kappa shape index (κ1) is 14.2. The van der Waals surface area contributed by atoms with Crippen LogP contribution in [0.1, 0.15) is 19.0 Å². The van der Waals surface area contributed by atoms with Crippen molar-refractivity contribution in [3.05, 3.63) is 18.1 Å². The number of thiocarbonyl (C=S) groups is 1. The quantitative estimate of drug-likeness (QED) is 0.794. The van der Waals surface area contributed by atoms with Crippen LogP contribution in [0.15, 0.2) is 12.4 Å². The molecule has 0 spiro atoms. The predicted molar refractivity (Wildman–Crippen MR) is 78.8 cm³/mol. The molecule has 0 saturated heterocycles. The molecule has 0 amide bonds. The highest BCUT2D eigenvalue weighted by molar-refractivity contribution is 7.98. The van der Waals surface area contributed by atoms with E-state index in [1.54, 1.807) is 12.4 Å². The molecule has 6 heteroatoms. The van der Waals surface area contributed by atoms with E-state index in [2.05, 4.69) is 28.0 Å². The Bertz CT molecular complexity index is 366. The number of anilines is 1. The van der Waals surface area contributed by atoms with Gasteiger partial charge in [0.15, 0.2) is 0 Å². The van der Waals surface area contributed by atoms with Crippen LogP contribution in [-0.2, 0) is 0 Å². The van der Waals surface area contributed by atoms with Gasteiger partial charge in [0.05, 0.1) is 12.4 Å². The predicted octanol–water partition coefficient (Wildman–Crippen LogP) is 1.69. The van der Waals surface area contributed by atoms with Gasteiger partial charge in [-0.3, -0.25) is 0 Å². The summed E-state index contributed by atoms with van der Waals surface area (Å²) < 4.78 is 0. The molecular weight excluding hydrogens is 252 g/mol. The maximum absolute atomic E-state index is 5.49. The number of thioether (sulfide) groups is 1. The molecule has 1 heterocycles. The van der Waals surface area contributed by atoms with Gasteiger partial charge >= 0.3 is 0 Å². The summed E-state index contributed by atoms with van der Waals surface area (Å²) in [5.41, 5.74) is 6.05. The van der Waals surface area contributed by atoms with E-state index >= 15 is 0 Å². The van der Waals surface area contributed by atoms with Gasteiger partial charge < -0.3 is 10.6 Å². The minimum Gasteiger partial charge on any atom is -0.388 e. The topological polar surface area (TPSA) is 55.0 Å². The van der Waals surface area contributed by atoms with Gasteiger partial charge in [0.25, 0.3) is 0 Å². The summed E-state index contributed by atoms with van der Waals surface area (Å²) in [5.74, 6) is 1.93. The van der Waals surface area contributed by atoms with Crippen LogP contribution in [0.25, 0.3) is 0 Å². The van der Waals surface area contributed by atoms with Crippen molar-refractivity contribution in [3.8, 4) is 0 Å². The molecular formula is C11H18N4S2. The van der Waals surface area contributed by atoms with Crippen molar-refractivity contribution in [3.63, 3.8) is 0 Å². The Morgan fingerprint density at radius 2 is 2.24 bits per heavy atom. The molecule has 94 valence electrons. The third-order valence-electron chi connectivity index (χ3n) is 2.63. The molecule has 0 aliphatic rings. The molecule has 1 unspecified atom stereocenters. The van der Waals surface area contributed by atoms with Crippen molar-refractivity contribution >= 4 is 34.8 Å². The molecule has 1 aromatic rings. The Balaban J connectivity index is 2.81. The highest BCUT2D eigenvalue weighted by Crippen LogP contribution is 2.15. The Hall–Kier alpha value is -0.880. The van der Waals surface area contributed by atoms with Gasteiger partial charge in [-0.2, -0.15) is 11.8 Å². The van der Waals surface area contributed by atoms with E-state index in [4.69, 9.17) is 18.0 Å². The molecule has 0 radical (unpaired) electrons. The van der Waals surface area contributed by atoms with E-state index in [9.17, 15) is 0 Å². The van der Waals surface area contributed by atoms with Crippen molar-refractivity contribution in [2.75, 3.05) is 24.0 Å². The third kappa shape index (κ3) is 3.81. The maximum atomic E-state index is 5.49. The van der Waals surface area contributed by atoms with Gasteiger partial charge in [0, 0.05) is 18.8 Å². The van der Waals surface area contributed by atoms with Crippen LogP contribution in [0.4, 0.5) is 5.82 Å². The van der Waals surface area contributed by atoms with E-state index in [0.717, 1.165) is 18.0 Å². The Morgan fingerprint density at radius 3 is 2.65 bits per heavy atom. The van der Waals surface area contributed by atoms with Crippen LogP contribution in [0, 0.1) is 0 Å². The molecule has 4 nitrogen and oxygen atoms in total. The van der Waals surface area contributed by atoms with E-state index in [1.165, 1.54) is 0 Å². The van der Waals surface area contributed by atoms with Crippen LogP contribution < -0.4 is 10.6 Å². The van der Waals surface area contributed by atoms with Crippen LogP contribution in [-0.4, -0.2) is 40.1 Å². The largest absolute Gasteiger partial charge is 0.388 e. The second-order valence-electron chi connectivity index (χ2n) is 3.75. The second-order valence-corrected chi connectivity index (χ2v) is 5.10. The molecule has 0 aliphatic heterocycles. The van der Waals surface area contributed by atoms with Gasteiger partial charge in [0.2, 0.25) is 0 Å². The molecule has 1 rings (SSSR count). The molecule has 0 saturated carbocycles. The zero-order valence-corrected chi connectivity index (χ0v) is 12.0. The van der Waals surface area contributed by atoms with Crippen molar-refractivity contribution < 1.29 is 0 Å². The normalized spacial score (nSPS) is 12.2. The number of aromatic nitrogens is 2. The van der Waals surface area contributed by atoms with Crippen molar-refractivity contribution in [1.29, 1.82) is 0 Å². The zero-order valence-electron chi connectivity index (χ0n) is 10.4. The highest BCUT2D eigenvalue weighted by atomic mass is 32.2. The summed E-state index contributed by atoms with van der Waals surface area (Å²) in [4.78, 5) is 11.0. The van der Waals surface area contributed by atoms with Crippen LogP contribution >= 0.6 is 24.0 Å². The fourth-order valence-electron chi connectivity index (χ4n) is 1.51. The highest BCUT2D eigenvalue weighted by Gasteiger charge is 2.14. The maximum Gasteiger partial charge on any atom is 0.147 e. The van der Waals surface area contributed by atoms with E-state index < -0.39 is 0 Å². The van der Waals surface area contributed by atoms with Gasteiger partial charge in [-0.1, -0.05) is 19.1 Å². The summed E-state index contributed by atoms with van der Waals surface area (Å²) in [6.45, 7) is 2.17. The number of nitrogens with two attached hydrogens (primary N) is 1. The summed E-state index contributed by atoms with van der Waals surface area (Å²) in [5, 5.41) is 0. The number of rotatable bonds is 6. The van der Waals surface area contributed by atoms with Gasteiger partial charge in [-0.15, -0.1) is 0 Å². The standard InChI is InChI=1S/C11H18N4S2/c1-4-8(7-17-3)15(2)10-6-13-9(5-14-10)11(12)16/h5-6,8H,4,7H2,1-3H3,(H2,12,16). The van der Waals surface area contributed by atoms with E-state index in [0.29, 0.717) is 11.7 Å². The average Bonchev–Trinajstić information content (AvgIpc) is 2.35. The van der Waals surface area contributed by atoms with Crippen molar-refractivity contribution in [2.45, 2.75) is 19.4 Å². The Labute approximate surface area is 112 Å². The molecule has 17 heavy (non-hydrogen) atoms. The lowest BCUT2D eigenvalue weighted by Crippen LogP contribution is -2.34. The van der Waals surface area contributed by atoms with Crippen LogP contribution in [0.3, 0.4) is 0 Å². The van der Waals surface area contributed by atoms with E-state index in [1.807, 2.05) is 18.8 Å². The number of hydrogen-bond donors (Lipinski definition) is 1. The monoisotopic (exact) mass is 270 g/mol. The first-order valence-corrected chi connectivity index (χ1v) is 7.24. The summed E-state index contributed by atoms with van der Waals surface area (Å²) in [6, 6.07) is 0.468. The van der Waals surface area contributed by atoms with Gasteiger partial charge in [-0.05, 0) is 12.7 Å². The third-order valence-corrected chi connectivity index (χ3v) is 3.56. The lowest BCUT2D eigenvalue weighted by atomic mass is 10.2. The van der Waals surface area contributed by atoms with Crippen LogP contribution in [0.2, 0.25) is 0 Å². The number of nitrogens with zero attached hydrogens (tertiary/aromatic N) is 3. The Morgan fingerprint density at radius 1 is 1.53 bits per heavy atom. The lowest BCUT2D eigenvalue weighted by Gasteiger charge is -2.27. The molecule has 1 atom stereocenters. The first-order chi connectivity index (χ1) is 8.10. The molecule has 0 aromatic carbocycles. The number of hydrogen-bond acceptors (Lipinski definition) is 5. The van der Waals surface area contributed by atoms with Crippen molar-refractivity contribution in [2.24, 2.45) is 5.73 Å². The fraction of sp³-hybridized carbons (Fsp3) is 0.545. The molecule has 0 aliphatic carbocycles. The van der Waals surface area contributed by atoms with Gasteiger partial charge in [0.1, 0.15) is 16.5 Å². The smallest absolute Gasteiger partial charge is 0.147 e. The molecule has 0 bridgehead atoms. The summed E-state index contributed by atoms with van der Waals surface area (Å²) in [7, 11) is 2.04. The molecule has 0 fully saturated rings. The first-order valence-electron chi connectivity index (χ1n) is 5.43. The minimum absolute atomic E-state index is 0.280. The molecule has 1 aromatic heterocycles. The van der Waals surface area contributed by atoms with Crippen LogP contribution in [0.5, 0.6) is 0 Å². The second kappa shape index (κ2) is 6.76. The lowest BCUT2D eigenvalue weighted by molar-refractivity contribution is 0.664. The van der Waals surface area contributed by atoms with E-state index in [-0.39, 0.29) is 4.99 Å². The van der Waals surface area contributed by atoms with Crippen molar-refractivity contribution in [1.82, 2.24) is 9.97 Å². The fourth-order valence-corrected chi connectivity index (χ4v) is 2.46. The van der Waals surface area contributed by atoms with Gasteiger partial charge in [-0.25, -0.2) is 9.97 Å². The SMILES string of the molecule is CCC(CSC)N(C)c1cnc(C(N)=S)cn1. The Kier molecular flexibility index (Phi) is 5.64. The molecule has 2 N–H and O–H groups in total. The average molecular weight is 270 g/mol. The summed E-state index contributed by atoms with van der Waals surface area (Å²) in [6.07, 6.45) is 6.53.